The number of benzene rings is 1. The first-order valence-corrected chi connectivity index (χ1v) is 6.38. The van der Waals surface area contributed by atoms with Crippen LogP contribution < -0.4 is 4.90 Å². The van der Waals surface area contributed by atoms with E-state index < -0.39 is 0 Å². The van der Waals surface area contributed by atoms with Crippen LogP contribution in [0, 0.1) is 22.7 Å². The Kier molecular flexibility index (Phi) is 4.42. The second-order valence-corrected chi connectivity index (χ2v) is 4.36. The molecule has 0 saturated carbocycles. The van der Waals surface area contributed by atoms with E-state index >= 15 is 0 Å². The molecular formula is C15H16N4. The Morgan fingerprint density at radius 3 is 2.42 bits per heavy atom. The first kappa shape index (κ1) is 13.0. The summed E-state index contributed by atoms with van der Waals surface area (Å²) in [6.07, 6.45) is 5.94. The zero-order valence-electron chi connectivity index (χ0n) is 10.7. The third-order valence-electron chi connectivity index (χ3n) is 3.17. The Morgan fingerprint density at radius 2 is 1.74 bits per heavy atom. The molecule has 1 atom stereocenters. The number of anilines is 1. The normalized spacial score (nSPS) is 17.3. The molecular weight excluding hydrogens is 236 g/mol. The number of nitriles is 2. The number of nitrogens with zero attached hydrogens (tertiary/aromatic N) is 4. The van der Waals surface area contributed by atoms with Crippen molar-refractivity contribution in [3.05, 3.63) is 42.7 Å². The third kappa shape index (κ3) is 3.05. The highest BCUT2D eigenvalue weighted by Gasteiger charge is 2.26. The fourth-order valence-corrected chi connectivity index (χ4v) is 2.28. The van der Waals surface area contributed by atoms with Crippen molar-refractivity contribution in [2.75, 3.05) is 11.4 Å². The van der Waals surface area contributed by atoms with Crippen molar-refractivity contribution in [1.29, 1.82) is 10.5 Å². The maximum absolute atomic E-state index is 8.79. The van der Waals surface area contributed by atoms with Crippen molar-refractivity contribution in [3.63, 3.8) is 0 Å². The van der Waals surface area contributed by atoms with Crippen molar-refractivity contribution in [2.24, 2.45) is 0 Å². The van der Waals surface area contributed by atoms with Gasteiger partial charge in [-0.15, -0.1) is 0 Å². The second kappa shape index (κ2) is 6.47. The largest absolute Gasteiger partial charge is 0.355 e. The van der Waals surface area contributed by atoms with E-state index in [0.717, 1.165) is 12.1 Å². The molecule has 1 aliphatic rings. The molecule has 1 aliphatic heterocycles. The smallest absolute Gasteiger partial charge is 0.106 e. The summed E-state index contributed by atoms with van der Waals surface area (Å²) < 4.78 is 0. The Hall–Kier alpha value is -2.46. The van der Waals surface area contributed by atoms with Crippen molar-refractivity contribution in [1.82, 2.24) is 4.90 Å². The van der Waals surface area contributed by atoms with Crippen LogP contribution in [0.4, 0.5) is 5.69 Å². The first-order chi connectivity index (χ1) is 9.36. The minimum atomic E-state index is 0.135. The summed E-state index contributed by atoms with van der Waals surface area (Å²) in [6, 6.07) is 14.5. The standard InChI is InChI=1S/C15H16N4/c16-9-4-8-15-18(11-5-10-17)12-13-19(15)14-6-2-1-3-7-14/h1-3,6-7,12-13,15H,4-5,8,11H2. The highest BCUT2D eigenvalue weighted by Crippen LogP contribution is 2.26. The lowest BCUT2D eigenvalue weighted by Crippen LogP contribution is -2.39. The highest BCUT2D eigenvalue weighted by molar-refractivity contribution is 5.51. The maximum atomic E-state index is 8.79. The summed E-state index contributed by atoms with van der Waals surface area (Å²) in [5, 5.41) is 17.5. The number of rotatable bonds is 5. The molecule has 19 heavy (non-hydrogen) atoms. The topological polar surface area (TPSA) is 54.1 Å². The molecule has 0 saturated heterocycles. The van der Waals surface area contributed by atoms with Crippen LogP contribution in [0.15, 0.2) is 42.7 Å². The van der Waals surface area contributed by atoms with Gasteiger partial charge in [-0.2, -0.15) is 10.5 Å². The predicted octanol–water partition coefficient (Wildman–Crippen LogP) is 2.82. The lowest BCUT2D eigenvalue weighted by atomic mass is 10.2. The van der Waals surface area contributed by atoms with Crippen molar-refractivity contribution in [3.8, 4) is 12.1 Å². The zero-order chi connectivity index (χ0) is 13.5. The number of hydrogen-bond donors (Lipinski definition) is 0. The average molecular weight is 252 g/mol. The Morgan fingerprint density at radius 1 is 1.00 bits per heavy atom. The van der Waals surface area contributed by atoms with Crippen molar-refractivity contribution < 1.29 is 0 Å². The van der Waals surface area contributed by atoms with Gasteiger partial charge in [0, 0.05) is 31.1 Å². The molecule has 1 aromatic rings. The van der Waals surface area contributed by atoms with Gasteiger partial charge in [0.15, 0.2) is 0 Å². The monoisotopic (exact) mass is 252 g/mol. The van der Waals surface area contributed by atoms with Gasteiger partial charge in [-0.3, -0.25) is 0 Å². The summed E-state index contributed by atoms with van der Waals surface area (Å²) in [7, 11) is 0. The van der Waals surface area contributed by atoms with Crippen molar-refractivity contribution >= 4 is 5.69 Å². The number of para-hydroxylation sites is 1. The third-order valence-corrected chi connectivity index (χ3v) is 3.17. The zero-order valence-corrected chi connectivity index (χ0v) is 10.7. The molecule has 4 nitrogen and oxygen atoms in total. The van der Waals surface area contributed by atoms with Crippen LogP contribution in [0.5, 0.6) is 0 Å². The molecule has 0 amide bonds. The van der Waals surface area contributed by atoms with Gasteiger partial charge < -0.3 is 9.80 Å². The molecule has 0 radical (unpaired) electrons. The molecule has 2 rings (SSSR count). The second-order valence-electron chi connectivity index (χ2n) is 4.36. The van der Waals surface area contributed by atoms with E-state index in [4.69, 9.17) is 10.5 Å². The van der Waals surface area contributed by atoms with E-state index in [1.807, 2.05) is 30.6 Å². The molecule has 0 bridgehead atoms. The Balaban J connectivity index is 2.13. The summed E-state index contributed by atoms with van der Waals surface area (Å²) in [5.74, 6) is 0. The Bertz CT molecular complexity index is 509. The fraction of sp³-hybridized carbons (Fsp3) is 0.333. The lowest BCUT2D eigenvalue weighted by molar-refractivity contribution is 0.293. The van der Waals surface area contributed by atoms with E-state index in [0.29, 0.717) is 19.4 Å². The van der Waals surface area contributed by atoms with Gasteiger partial charge >= 0.3 is 0 Å². The quantitative estimate of drug-likeness (QED) is 0.808. The lowest BCUT2D eigenvalue weighted by Gasteiger charge is -2.32. The molecule has 96 valence electrons. The predicted molar refractivity (Wildman–Crippen MR) is 73.6 cm³/mol. The minimum absolute atomic E-state index is 0.135. The van der Waals surface area contributed by atoms with E-state index in [9.17, 15) is 0 Å². The van der Waals surface area contributed by atoms with Crippen LogP contribution in [0.25, 0.3) is 0 Å². The summed E-state index contributed by atoms with van der Waals surface area (Å²) >= 11 is 0. The van der Waals surface area contributed by atoms with Gasteiger partial charge in [-0.25, -0.2) is 0 Å². The summed E-state index contributed by atoms with van der Waals surface area (Å²) in [5.41, 5.74) is 1.11. The molecule has 0 fully saturated rings. The van der Waals surface area contributed by atoms with E-state index in [1.54, 1.807) is 0 Å². The van der Waals surface area contributed by atoms with E-state index in [-0.39, 0.29) is 6.17 Å². The fourth-order valence-electron chi connectivity index (χ4n) is 2.28. The Labute approximate surface area is 113 Å². The number of hydrogen-bond acceptors (Lipinski definition) is 4. The van der Waals surface area contributed by atoms with Crippen LogP contribution in [-0.4, -0.2) is 17.6 Å². The molecule has 1 aromatic carbocycles. The SMILES string of the molecule is N#CCCC1N(CCC#N)C=CN1c1ccccc1. The molecule has 1 unspecified atom stereocenters. The molecule has 0 aliphatic carbocycles. The van der Waals surface area contributed by atoms with Gasteiger partial charge in [0.25, 0.3) is 0 Å². The van der Waals surface area contributed by atoms with Crippen LogP contribution in [0.1, 0.15) is 19.3 Å². The van der Waals surface area contributed by atoms with Gasteiger partial charge in [-0.1, -0.05) is 18.2 Å². The molecule has 1 heterocycles. The highest BCUT2D eigenvalue weighted by atomic mass is 15.4. The minimum Gasteiger partial charge on any atom is -0.355 e. The average Bonchev–Trinajstić information content (AvgIpc) is 2.86. The van der Waals surface area contributed by atoms with Crippen LogP contribution in [-0.2, 0) is 0 Å². The molecule has 0 aromatic heterocycles. The maximum Gasteiger partial charge on any atom is 0.106 e. The van der Waals surface area contributed by atoms with Gasteiger partial charge in [0.1, 0.15) is 6.17 Å². The van der Waals surface area contributed by atoms with Crippen molar-refractivity contribution in [2.45, 2.75) is 25.4 Å². The van der Waals surface area contributed by atoms with E-state index in [1.165, 1.54) is 0 Å². The summed E-state index contributed by atoms with van der Waals surface area (Å²) in [4.78, 5) is 4.29. The molecule has 4 heteroatoms. The van der Waals surface area contributed by atoms with Crippen LogP contribution in [0.3, 0.4) is 0 Å². The van der Waals surface area contributed by atoms with Gasteiger partial charge in [-0.05, 0) is 18.6 Å². The van der Waals surface area contributed by atoms with Crippen LogP contribution >= 0.6 is 0 Å². The van der Waals surface area contributed by atoms with Crippen LogP contribution in [0.2, 0.25) is 0 Å². The van der Waals surface area contributed by atoms with E-state index in [2.05, 4.69) is 34.1 Å². The summed E-state index contributed by atoms with van der Waals surface area (Å²) in [6.45, 7) is 0.701. The molecule has 0 N–H and O–H groups in total. The van der Waals surface area contributed by atoms with Gasteiger partial charge in [0.05, 0.1) is 18.6 Å². The molecule has 0 spiro atoms. The first-order valence-electron chi connectivity index (χ1n) is 6.38. The van der Waals surface area contributed by atoms with Gasteiger partial charge in [0.2, 0.25) is 0 Å².